The Balaban J connectivity index is 2.67. The predicted molar refractivity (Wildman–Crippen MR) is 51.3 cm³/mol. The molecule has 2 unspecified atom stereocenters. The Labute approximate surface area is 75.7 Å². The molecule has 0 aromatic carbocycles. The predicted octanol–water partition coefficient (Wildman–Crippen LogP) is 2.68. The van der Waals surface area contributed by atoms with Crippen LogP contribution < -0.4 is 0 Å². The Morgan fingerprint density at radius 1 is 1.58 bits per heavy atom. The van der Waals surface area contributed by atoms with E-state index < -0.39 is 8.32 Å². The molecule has 0 aliphatic carbocycles. The minimum Gasteiger partial charge on any atom is -0.416 e. The van der Waals surface area contributed by atoms with Crippen molar-refractivity contribution in [2.45, 2.75) is 44.3 Å². The molecular weight excluding hydrogens is 166 g/mol. The molecule has 3 heteroatoms. The highest BCUT2D eigenvalue weighted by molar-refractivity contribution is 6.75. The van der Waals surface area contributed by atoms with Crippen LogP contribution in [0.15, 0.2) is 0 Å². The van der Waals surface area contributed by atoms with Crippen LogP contribution in [0.5, 0.6) is 0 Å². The van der Waals surface area contributed by atoms with E-state index in [4.69, 9.17) is 9.69 Å². The maximum Gasteiger partial charge on any atom is 0.209 e. The zero-order chi connectivity index (χ0) is 9.03. The number of hydrogen-bond acceptors (Lipinski definition) is 2. The molecular formula is C9H17NOSi. The Morgan fingerprint density at radius 3 is 2.75 bits per heavy atom. The summed E-state index contributed by atoms with van der Waals surface area (Å²) in [6.07, 6.45) is 2.46. The van der Waals surface area contributed by atoms with E-state index in [0.717, 1.165) is 12.7 Å². The van der Waals surface area contributed by atoms with Gasteiger partial charge >= 0.3 is 0 Å². The fraction of sp³-hybridized carbons (Fsp3) is 0.889. The van der Waals surface area contributed by atoms with E-state index in [2.05, 4.69) is 13.0 Å². The van der Waals surface area contributed by atoms with Gasteiger partial charge in [0.05, 0.1) is 11.6 Å². The van der Waals surface area contributed by atoms with Gasteiger partial charge in [-0.3, -0.25) is 0 Å². The molecule has 2 atom stereocenters. The minimum atomic E-state index is -1.62. The largest absolute Gasteiger partial charge is 0.416 e. The Bertz CT molecular complexity index is 181. The maximum absolute atomic E-state index is 8.89. The SMILES string of the molecule is CC[Si]1(C(C)C#N)CCCCO1. The average Bonchev–Trinajstić information content (AvgIpc) is 2.17. The highest BCUT2D eigenvalue weighted by atomic mass is 28.4. The number of hydrogen-bond donors (Lipinski definition) is 0. The first-order valence-electron chi connectivity index (χ1n) is 4.79. The van der Waals surface area contributed by atoms with Crippen LogP contribution in [0.3, 0.4) is 0 Å². The van der Waals surface area contributed by atoms with Gasteiger partial charge in [0, 0.05) is 6.61 Å². The van der Waals surface area contributed by atoms with Gasteiger partial charge in [0.25, 0.3) is 0 Å². The van der Waals surface area contributed by atoms with Gasteiger partial charge in [0.15, 0.2) is 0 Å². The van der Waals surface area contributed by atoms with Crippen molar-refractivity contribution < 1.29 is 4.43 Å². The molecule has 1 heterocycles. The molecule has 0 spiro atoms. The summed E-state index contributed by atoms with van der Waals surface area (Å²) in [4.78, 5) is 0. The number of rotatable bonds is 2. The molecule has 1 aliphatic rings. The molecule has 1 fully saturated rings. The fourth-order valence-corrected chi connectivity index (χ4v) is 5.55. The van der Waals surface area contributed by atoms with E-state index >= 15 is 0 Å². The van der Waals surface area contributed by atoms with E-state index in [1.54, 1.807) is 0 Å². The first-order valence-corrected chi connectivity index (χ1v) is 7.19. The Hall–Kier alpha value is -0.333. The summed E-state index contributed by atoms with van der Waals surface area (Å²) in [5, 5.41) is 8.89. The average molecular weight is 183 g/mol. The second-order valence-electron chi connectivity index (χ2n) is 3.57. The standard InChI is InChI=1S/C9H17NOSi/c1-3-12(9(2)8-10)7-5-4-6-11-12/h9H,3-7H2,1-2H3. The summed E-state index contributed by atoms with van der Waals surface area (Å²) in [6, 6.07) is 4.65. The van der Waals surface area contributed by atoms with Gasteiger partial charge in [-0.05, 0) is 25.4 Å². The molecule has 0 saturated carbocycles. The lowest BCUT2D eigenvalue weighted by atomic mass is 10.4. The third-order valence-electron chi connectivity index (χ3n) is 2.97. The van der Waals surface area contributed by atoms with E-state index in [9.17, 15) is 0 Å². The lowest BCUT2D eigenvalue weighted by Gasteiger charge is -2.36. The molecule has 1 rings (SSSR count). The van der Waals surface area contributed by atoms with Crippen LogP contribution in [0, 0.1) is 11.3 Å². The third kappa shape index (κ3) is 1.70. The molecule has 2 nitrogen and oxygen atoms in total. The van der Waals surface area contributed by atoms with Crippen LogP contribution in [-0.2, 0) is 4.43 Å². The molecule has 0 radical (unpaired) electrons. The molecule has 12 heavy (non-hydrogen) atoms. The van der Waals surface area contributed by atoms with Gasteiger partial charge in [0.2, 0.25) is 8.32 Å². The highest BCUT2D eigenvalue weighted by Crippen LogP contribution is 2.34. The molecule has 1 saturated heterocycles. The molecule has 0 N–H and O–H groups in total. The molecule has 68 valence electrons. The van der Waals surface area contributed by atoms with E-state index in [0.29, 0.717) is 0 Å². The van der Waals surface area contributed by atoms with Gasteiger partial charge in [-0.15, -0.1) is 0 Å². The summed E-state index contributed by atoms with van der Waals surface area (Å²) >= 11 is 0. The summed E-state index contributed by atoms with van der Waals surface area (Å²) in [6.45, 7) is 5.10. The second-order valence-corrected chi connectivity index (χ2v) is 8.07. The van der Waals surface area contributed by atoms with Crippen molar-refractivity contribution >= 4 is 8.32 Å². The normalized spacial score (nSPS) is 32.4. The van der Waals surface area contributed by atoms with Crippen molar-refractivity contribution in [1.82, 2.24) is 0 Å². The number of nitrogens with zero attached hydrogens (tertiary/aromatic N) is 1. The summed E-state index contributed by atoms with van der Waals surface area (Å²) in [7, 11) is -1.62. The lowest BCUT2D eigenvalue weighted by Crippen LogP contribution is -2.43. The van der Waals surface area contributed by atoms with Gasteiger partial charge in [-0.25, -0.2) is 0 Å². The number of nitriles is 1. The van der Waals surface area contributed by atoms with Crippen molar-refractivity contribution in [2.75, 3.05) is 6.61 Å². The smallest absolute Gasteiger partial charge is 0.209 e. The Kier molecular flexibility index (Phi) is 3.30. The van der Waals surface area contributed by atoms with Crippen LogP contribution in [0.4, 0.5) is 0 Å². The van der Waals surface area contributed by atoms with Gasteiger partial charge < -0.3 is 4.43 Å². The summed E-state index contributed by atoms with van der Waals surface area (Å²) < 4.78 is 5.88. The first-order chi connectivity index (χ1) is 5.75. The fourth-order valence-electron chi connectivity index (χ4n) is 1.92. The first kappa shape index (κ1) is 9.75. The molecule has 1 aliphatic heterocycles. The van der Waals surface area contributed by atoms with E-state index in [1.165, 1.54) is 18.9 Å². The van der Waals surface area contributed by atoms with Crippen LogP contribution >= 0.6 is 0 Å². The van der Waals surface area contributed by atoms with Crippen LogP contribution in [0.2, 0.25) is 17.6 Å². The van der Waals surface area contributed by atoms with Gasteiger partial charge in [0.1, 0.15) is 0 Å². The Morgan fingerprint density at radius 2 is 2.33 bits per heavy atom. The van der Waals surface area contributed by atoms with Crippen LogP contribution in [0.1, 0.15) is 26.7 Å². The second kappa shape index (κ2) is 4.06. The van der Waals surface area contributed by atoms with E-state index in [-0.39, 0.29) is 5.54 Å². The molecule has 0 bridgehead atoms. The van der Waals surface area contributed by atoms with Crippen molar-refractivity contribution in [3.05, 3.63) is 0 Å². The van der Waals surface area contributed by atoms with Crippen molar-refractivity contribution in [3.63, 3.8) is 0 Å². The molecule has 0 aromatic heterocycles. The minimum absolute atomic E-state index is 0.169. The maximum atomic E-state index is 8.89. The van der Waals surface area contributed by atoms with Crippen molar-refractivity contribution in [2.24, 2.45) is 0 Å². The van der Waals surface area contributed by atoms with Gasteiger partial charge in [-0.2, -0.15) is 5.26 Å². The molecule has 0 aromatic rings. The highest BCUT2D eigenvalue weighted by Gasteiger charge is 2.40. The zero-order valence-electron chi connectivity index (χ0n) is 7.97. The summed E-state index contributed by atoms with van der Waals surface area (Å²) in [5.41, 5.74) is 0.169. The van der Waals surface area contributed by atoms with E-state index in [1.807, 2.05) is 6.92 Å². The van der Waals surface area contributed by atoms with Crippen molar-refractivity contribution in [1.29, 1.82) is 5.26 Å². The van der Waals surface area contributed by atoms with Crippen molar-refractivity contribution in [3.8, 4) is 6.07 Å². The lowest BCUT2D eigenvalue weighted by molar-refractivity contribution is 0.263. The van der Waals surface area contributed by atoms with Gasteiger partial charge in [-0.1, -0.05) is 13.3 Å². The third-order valence-corrected chi connectivity index (χ3v) is 7.85. The molecule has 0 amide bonds. The monoisotopic (exact) mass is 183 g/mol. The summed E-state index contributed by atoms with van der Waals surface area (Å²) in [5.74, 6) is 0. The van der Waals surface area contributed by atoms with Crippen LogP contribution in [0.25, 0.3) is 0 Å². The topological polar surface area (TPSA) is 33.0 Å². The van der Waals surface area contributed by atoms with Crippen LogP contribution in [-0.4, -0.2) is 14.9 Å². The zero-order valence-corrected chi connectivity index (χ0v) is 8.97. The quantitative estimate of drug-likeness (QED) is 0.617.